The molecular weight excluding hydrogens is 386 g/mol. The van der Waals surface area contributed by atoms with Gasteiger partial charge in [-0.25, -0.2) is 9.78 Å². The van der Waals surface area contributed by atoms with E-state index in [1.165, 1.54) is 19.3 Å². The molecule has 0 radical (unpaired) electrons. The number of hydrogen-bond donors (Lipinski definition) is 1. The van der Waals surface area contributed by atoms with Crippen molar-refractivity contribution in [3.05, 3.63) is 46.6 Å². The summed E-state index contributed by atoms with van der Waals surface area (Å²) < 4.78 is 11.7. The minimum Gasteiger partial charge on any atom is -0.473 e. The molecule has 0 spiro atoms. The van der Waals surface area contributed by atoms with Crippen molar-refractivity contribution in [1.82, 2.24) is 9.97 Å². The van der Waals surface area contributed by atoms with E-state index in [9.17, 15) is 4.79 Å². The van der Waals surface area contributed by atoms with Crippen molar-refractivity contribution in [2.75, 3.05) is 5.32 Å². The highest BCUT2D eigenvalue weighted by Gasteiger charge is 2.26. The number of rotatable bonds is 6. The molecule has 6 nitrogen and oxygen atoms in total. The molecule has 1 aliphatic rings. The highest BCUT2D eigenvalue weighted by Crippen LogP contribution is 2.33. The van der Waals surface area contributed by atoms with E-state index in [0.717, 1.165) is 5.56 Å². The number of ether oxygens (including phenoxy) is 2. The summed E-state index contributed by atoms with van der Waals surface area (Å²) in [5, 5.41) is 2.53. The first-order valence-corrected chi connectivity index (χ1v) is 9.08. The maximum atomic E-state index is 11.9. The van der Waals surface area contributed by atoms with Crippen molar-refractivity contribution in [1.29, 1.82) is 0 Å². The Balaban J connectivity index is 1.56. The van der Waals surface area contributed by atoms with Gasteiger partial charge in [0.15, 0.2) is 0 Å². The number of nitrogens with zero attached hydrogens (tertiary/aromatic N) is 2. The lowest BCUT2D eigenvalue weighted by Crippen LogP contribution is -2.29. The summed E-state index contributed by atoms with van der Waals surface area (Å²) in [5.41, 5.74) is 0.910. The number of hydrogen-bond acceptors (Lipinski definition) is 5. The fraction of sp³-hybridized carbons (Fsp3) is 0.389. The van der Waals surface area contributed by atoms with E-state index in [1.54, 1.807) is 6.20 Å². The average molecular weight is 406 g/mol. The zero-order valence-corrected chi connectivity index (χ0v) is 15.5. The minimum absolute atomic E-state index is 0.0813. The monoisotopic (exact) mass is 405 g/mol. The first-order valence-electron chi connectivity index (χ1n) is 8.28. The van der Waals surface area contributed by atoms with Gasteiger partial charge >= 0.3 is 6.09 Å². The van der Waals surface area contributed by atoms with Crippen molar-refractivity contribution in [2.24, 2.45) is 5.92 Å². The molecule has 0 saturated heterocycles. The summed E-state index contributed by atoms with van der Waals surface area (Å²) in [5.74, 6) is 1.14. The van der Waals surface area contributed by atoms with E-state index < -0.39 is 6.09 Å². The third-order valence-electron chi connectivity index (χ3n) is 4.25. The zero-order chi connectivity index (χ0) is 17.6. The standard InChI is InChI=1S/C18H20BrN3O3/c1-12(14-8-5-9-14)25-16-15(19)10-20-17(21-16)22-18(23)24-11-13-6-3-2-4-7-13/h2-4,6-7,10,12,14H,5,8-9,11H2,1H3,(H,20,21,22,23). The van der Waals surface area contributed by atoms with Crippen LogP contribution in [0.2, 0.25) is 0 Å². The lowest BCUT2D eigenvalue weighted by Gasteiger charge is -2.31. The summed E-state index contributed by atoms with van der Waals surface area (Å²) in [6.07, 6.45) is 4.65. The second-order valence-corrected chi connectivity index (χ2v) is 6.90. The third kappa shape index (κ3) is 4.92. The number of benzene rings is 1. The molecule has 132 valence electrons. The predicted octanol–water partition coefficient (Wildman–Crippen LogP) is 4.56. The van der Waals surface area contributed by atoms with Gasteiger partial charge < -0.3 is 9.47 Å². The molecule has 0 bridgehead atoms. The van der Waals surface area contributed by atoms with E-state index in [1.807, 2.05) is 37.3 Å². The normalized spacial score (nSPS) is 15.1. The fourth-order valence-corrected chi connectivity index (χ4v) is 2.81. The largest absolute Gasteiger partial charge is 0.473 e. The molecule has 1 heterocycles. The van der Waals surface area contributed by atoms with Crippen LogP contribution in [0.1, 0.15) is 31.7 Å². The lowest BCUT2D eigenvalue weighted by atomic mass is 9.82. The van der Waals surface area contributed by atoms with Gasteiger partial charge in [-0.15, -0.1) is 0 Å². The first-order chi connectivity index (χ1) is 12.1. The molecule has 25 heavy (non-hydrogen) atoms. The van der Waals surface area contributed by atoms with Crippen LogP contribution in [0.15, 0.2) is 41.0 Å². The second-order valence-electron chi connectivity index (χ2n) is 6.05. The average Bonchev–Trinajstić information content (AvgIpc) is 2.55. The Morgan fingerprint density at radius 3 is 2.80 bits per heavy atom. The van der Waals surface area contributed by atoms with Crippen molar-refractivity contribution < 1.29 is 14.3 Å². The van der Waals surface area contributed by atoms with Crippen LogP contribution in [-0.2, 0) is 11.3 Å². The van der Waals surface area contributed by atoms with E-state index in [0.29, 0.717) is 16.3 Å². The Hall–Kier alpha value is -2.15. The molecule has 0 aliphatic heterocycles. The van der Waals surface area contributed by atoms with Crippen LogP contribution in [-0.4, -0.2) is 22.2 Å². The maximum Gasteiger partial charge on any atom is 0.414 e. The van der Waals surface area contributed by atoms with Crippen LogP contribution < -0.4 is 10.1 Å². The zero-order valence-electron chi connectivity index (χ0n) is 13.9. The number of nitrogens with one attached hydrogen (secondary N) is 1. The molecule has 1 unspecified atom stereocenters. The van der Waals surface area contributed by atoms with Crippen molar-refractivity contribution in [3.8, 4) is 5.88 Å². The van der Waals surface area contributed by atoms with Gasteiger partial charge in [0, 0.05) is 0 Å². The topological polar surface area (TPSA) is 73.3 Å². The molecule has 2 aromatic rings. The van der Waals surface area contributed by atoms with Gasteiger partial charge in [-0.1, -0.05) is 36.8 Å². The maximum absolute atomic E-state index is 11.9. The number of anilines is 1. The van der Waals surface area contributed by atoms with Gasteiger partial charge in [0.25, 0.3) is 0 Å². The lowest BCUT2D eigenvalue weighted by molar-refractivity contribution is 0.0937. The quantitative estimate of drug-likeness (QED) is 0.762. The summed E-state index contributed by atoms with van der Waals surface area (Å²) in [4.78, 5) is 20.2. The molecule has 1 saturated carbocycles. The van der Waals surface area contributed by atoms with Crippen LogP contribution in [0.3, 0.4) is 0 Å². The SMILES string of the molecule is CC(Oc1nc(NC(=O)OCc2ccccc2)ncc1Br)C1CCC1. The van der Waals surface area contributed by atoms with Gasteiger partial charge in [-0.2, -0.15) is 4.98 Å². The molecule has 7 heteroatoms. The molecule has 1 aromatic heterocycles. The van der Waals surface area contributed by atoms with Crippen molar-refractivity contribution >= 4 is 28.0 Å². The number of aromatic nitrogens is 2. The van der Waals surface area contributed by atoms with Crippen molar-refractivity contribution in [3.63, 3.8) is 0 Å². The van der Waals surface area contributed by atoms with Gasteiger partial charge in [0.2, 0.25) is 11.8 Å². The Kier molecular flexibility index (Phi) is 5.86. The molecule has 1 N–H and O–H groups in total. The van der Waals surface area contributed by atoms with E-state index >= 15 is 0 Å². The summed E-state index contributed by atoms with van der Waals surface area (Å²) in [6, 6.07) is 9.46. The summed E-state index contributed by atoms with van der Waals surface area (Å²) >= 11 is 3.38. The molecular formula is C18H20BrN3O3. The number of carbonyl (C=O) groups is 1. The number of carbonyl (C=O) groups excluding carboxylic acids is 1. The smallest absolute Gasteiger partial charge is 0.414 e. The van der Waals surface area contributed by atoms with Crippen LogP contribution in [0.25, 0.3) is 0 Å². The van der Waals surface area contributed by atoms with Crippen LogP contribution in [0.4, 0.5) is 10.7 Å². The minimum atomic E-state index is -0.607. The fourth-order valence-electron chi connectivity index (χ4n) is 2.53. The predicted molar refractivity (Wildman–Crippen MR) is 97.4 cm³/mol. The van der Waals surface area contributed by atoms with Crippen LogP contribution in [0.5, 0.6) is 5.88 Å². The highest BCUT2D eigenvalue weighted by molar-refractivity contribution is 9.10. The number of halogens is 1. The Morgan fingerprint density at radius 1 is 1.36 bits per heavy atom. The van der Waals surface area contributed by atoms with E-state index in [4.69, 9.17) is 9.47 Å². The van der Waals surface area contributed by atoms with Gasteiger partial charge in [0.05, 0.1) is 10.7 Å². The molecule has 1 fully saturated rings. The van der Waals surface area contributed by atoms with Crippen LogP contribution in [0, 0.1) is 5.92 Å². The van der Waals surface area contributed by atoms with Crippen molar-refractivity contribution in [2.45, 2.75) is 38.9 Å². The van der Waals surface area contributed by atoms with Crippen LogP contribution >= 0.6 is 15.9 Å². The van der Waals surface area contributed by atoms with Gasteiger partial charge in [-0.05, 0) is 47.2 Å². The molecule has 1 aliphatic carbocycles. The number of amides is 1. The van der Waals surface area contributed by atoms with E-state index in [-0.39, 0.29) is 18.7 Å². The first kappa shape index (κ1) is 17.7. The third-order valence-corrected chi connectivity index (χ3v) is 4.79. The molecule has 1 amide bonds. The Morgan fingerprint density at radius 2 is 2.12 bits per heavy atom. The molecule has 3 rings (SSSR count). The summed E-state index contributed by atoms with van der Waals surface area (Å²) in [6.45, 7) is 2.23. The Bertz CT molecular complexity index is 723. The molecule has 1 atom stereocenters. The van der Waals surface area contributed by atoms with Gasteiger partial charge in [-0.3, -0.25) is 5.32 Å². The van der Waals surface area contributed by atoms with Gasteiger partial charge in [0.1, 0.15) is 12.7 Å². The Labute approximate surface area is 155 Å². The molecule has 1 aromatic carbocycles. The van der Waals surface area contributed by atoms with E-state index in [2.05, 4.69) is 31.2 Å². The summed E-state index contributed by atoms with van der Waals surface area (Å²) in [7, 11) is 0. The highest BCUT2D eigenvalue weighted by atomic mass is 79.9. The second kappa shape index (κ2) is 8.29.